The van der Waals surface area contributed by atoms with E-state index in [-0.39, 0.29) is 17.1 Å². The van der Waals surface area contributed by atoms with Gasteiger partial charge in [0.25, 0.3) is 5.91 Å². The molecule has 2 aliphatic heterocycles. The zero-order chi connectivity index (χ0) is 20.5. The van der Waals surface area contributed by atoms with Gasteiger partial charge >= 0.3 is 0 Å². The van der Waals surface area contributed by atoms with Crippen molar-refractivity contribution in [3.8, 4) is 0 Å². The van der Waals surface area contributed by atoms with E-state index in [0.717, 1.165) is 31.6 Å². The number of sulfone groups is 1. The van der Waals surface area contributed by atoms with Crippen molar-refractivity contribution in [3.05, 3.63) is 60.2 Å². The maximum Gasteiger partial charge on any atom is 0.252 e. The number of anilines is 1. The molecule has 154 valence electrons. The third-order valence-electron chi connectivity index (χ3n) is 6.26. The van der Waals surface area contributed by atoms with Crippen LogP contribution in [0.5, 0.6) is 0 Å². The fourth-order valence-corrected chi connectivity index (χ4v) is 5.87. The molecule has 6 nitrogen and oxygen atoms in total. The van der Waals surface area contributed by atoms with Crippen LogP contribution in [-0.2, 0) is 20.0 Å². The van der Waals surface area contributed by atoms with Crippen LogP contribution in [0.3, 0.4) is 0 Å². The van der Waals surface area contributed by atoms with Crippen molar-refractivity contribution in [1.29, 1.82) is 0 Å². The number of fused-ring (bicyclic) bond motifs is 2. The molecule has 1 N–H and O–H groups in total. The van der Waals surface area contributed by atoms with E-state index in [0.29, 0.717) is 18.0 Å². The summed E-state index contributed by atoms with van der Waals surface area (Å²) >= 11 is 0. The van der Waals surface area contributed by atoms with Gasteiger partial charge in [-0.2, -0.15) is 0 Å². The Morgan fingerprint density at radius 1 is 1.00 bits per heavy atom. The van der Waals surface area contributed by atoms with Gasteiger partial charge in [-0.15, -0.1) is 0 Å². The van der Waals surface area contributed by atoms with Gasteiger partial charge in [0.2, 0.25) is 0 Å². The smallest absolute Gasteiger partial charge is 0.252 e. The zero-order valence-electron chi connectivity index (χ0n) is 16.3. The van der Waals surface area contributed by atoms with Crippen LogP contribution in [-0.4, -0.2) is 62.9 Å². The maximum absolute atomic E-state index is 12.5. The molecule has 7 heteroatoms. The minimum atomic E-state index is -3.28. The molecule has 29 heavy (non-hydrogen) atoms. The van der Waals surface area contributed by atoms with Gasteiger partial charge in [-0.3, -0.25) is 4.79 Å². The number of piperidine rings is 1. The molecule has 0 unspecified atom stereocenters. The molecular weight excluding hydrogens is 388 g/mol. The quantitative estimate of drug-likeness (QED) is 0.808. The highest BCUT2D eigenvalue weighted by Crippen LogP contribution is 2.46. The molecule has 2 heterocycles. The second-order valence-corrected chi connectivity index (χ2v) is 10.0. The van der Waals surface area contributed by atoms with E-state index in [4.69, 9.17) is 0 Å². The van der Waals surface area contributed by atoms with Gasteiger partial charge in [0.15, 0.2) is 9.84 Å². The number of para-hydroxylation sites is 1. The SMILES string of the molecule is O=C(CO)N1CC2(CCN(CCS(=O)(=O)c3ccccc3)CC2)c2ccccc21. The lowest BCUT2D eigenvalue weighted by Crippen LogP contribution is -2.47. The van der Waals surface area contributed by atoms with Crippen LogP contribution in [0.25, 0.3) is 0 Å². The summed E-state index contributed by atoms with van der Waals surface area (Å²) in [6, 6.07) is 16.5. The van der Waals surface area contributed by atoms with Crippen LogP contribution in [0.2, 0.25) is 0 Å². The Balaban J connectivity index is 1.43. The number of aliphatic hydroxyl groups is 1. The Morgan fingerprint density at radius 2 is 1.66 bits per heavy atom. The molecule has 1 saturated heterocycles. The maximum atomic E-state index is 12.5. The molecule has 0 aromatic heterocycles. The molecule has 1 amide bonds. The van der Waals surface area contributed by atoms with Crippen molar-refractivity contribution < 1.29 is 18.3 Å². The summed E-state index contributed by atoms with van der Waals surface area (Å²) in [6.07, 6.45) is 1.73. The Hall–Kier alpha value is -2.22. The number of likely N-dealkylation sites (tertiary alicyclic amines) is 1. The fourth-order valence-electron chi connectivity index (χ4n) is 4.57. The molecule has 2 aromatic rings. The Bertz CT molecular complexity index is 983. The lowest BCUT2D eigenvalue weighted by atomic mass is 9.74. The van der Waals surface area contributed by atoms with E-state index >= 15 is 0 Å². The number of hydrogen-bond acceptors (Lipinski definition) is 5. The average Bonchev–Trinajstić information content (AvgIpc) is 3.08. The number of hydrogen-bond donors (Lipinski definition) is 1. The number of carbonyl (C=O) groups is 1. The Labute approximate surface area is 171 Å². The molecule has 0 aliphatic carbocycles. The second kappa shape index (κ2) is 7.89. The van der Waals surface area contributed by atoms with Crippen molar-refractivity contribution >= 4 is 21.4 Å². The van der Waals surface area contributed by atoms with Crippen molar-refractivity contribution in [2.24, 2.45) is 0 Å². The number of benzene rings is 2. The van der Waals surface area contributed by atoms with E-state index in [2.05, 4.69) is 11.0 Å². The summed E-state index contributed by atoms with van der Waals surface area (Å²) in [7, 11) is -3.28. The van der Waals surface area contributed by atoms with Crippen molar-refractivity contribution in [2.45, 2.75) is 23.2 Å². The van der Waals surface area contributed by atoms with Gasteiger partial charge in [0, 0.05) is 24.2 Å². The summed E-state index contributed by atoms with van der Waals surface area (Å²) in [6.45, 7) is 2.18. The summed E-state index contributed by atoms with van der Waals surface area (Å²) in [5, 5.41) is 9.33. The monoisotopic (exact) mass is 414 g/mol. The van der Waals surface area contributed by atoms with Gasteiger partial charge < -0.3 is 14.9 Å². The highest BCUT2D eigenvalue weighted by Gasteiger charge is 2.45. The van der Waals surface area contributed by atoms with Gasteiger partial charge in [-0.05, 0) is 49.7 Å². The van der Waals surface area contributed by atoms with Crippen molar-refractivity contribution in [2.75, 3.05) is 43.4 Å². The van der Waals surface area contributed by atoms with Crippen LogP contribution in [0, 0.1) is 0 Å². The molecule has 0 radical (unpaired) electrons. The van der Waals surface area contributed by atoms with Gasteiger partial charge in [-0.1, -0.05) is 36.4 Å². The number of nitrogens with zero attached hydrogens (tertiary/aromatic N) is 2. The van der Waals surface area contributed by atoms with Gasteiger partial charge in [0.05, 0.1) is 10.6 Å². The minimum Gasteiger partial charge on any atom is -0.387 e. The predicted octanol–water partition coefficient (Wildman–Crippen LogP) is 1.83. The third kappa shape index (κ3) is 3.82. The van der Waals surface area contributed by atoms with E-state index in [1.807, 2.05) is 24.3 Å². The van der Waals surface area contributed by atoms with Crippen LogP contribution in [0.1, 0.15) is 18.4 Å². The summed E-state index contributed by atoms with van der Waals surface area (Å²) in [5.74, 6) is -0.166. The fraction of sp³-hybridized carbons (Fsp3) is 0.409. The Kier molecular flexibility index (Phi) is 5.46. The standard InChI is InChI=1S/C22H26N2O4S/c25-16-21(26)24-17-22(19-8-4-5-9-20(19)24)10-12-23(13-11-22)14-15-29(27,28)18-6-2-1-3-7-18/h1-9,25H,10-17H2. The first-order valence-corrected chi connectivity index (χ1v) is 11.6. The zero-order valence-corrected chi connectivity index (χ0v) is 17.1. The number of rotatable bonds is 5. The summed E-state index contributed by atoms with van der Waals surface area (Å²) in [4.78, 5) is 16.5. The van der Waals surface area contributed by atoms with Crippen LogP contribution < -0.4 is 4.90 Å². The molecule has 2 aromatic carbocycles. The highest BCUT2D eigenvalue weighted by atomic mass is 32.2. The van der Waals surface area contributed by atoms with E-state index in [1.54, 1.807) is 29.2 Å². The van der Waals surface area contributed by atoms with E-state index in [9.17, 15) is 18.3 Å². The Morgan fingerprint density at radius 3 is 2.34 bits per heavy atom. The molecule has 0 saturated carbocycles. The van der Waals surface area contributed by atoms with Crippen LogP contribution in [0.4, 0.5) is 5.69 Å². The summed E-state index contributed by atoms with van der Waals surface area (Å²) < 4.78 is 25.1. The van der Waals surface area contributed by atoms with Crippen LogP contribution in [0.15, 0.2) is 59.5 Å². The number of amides is 1. The first kappa shape index (κ1) is 20.1. The normalized spacial score (nSPS) is 18.7. The molecule has 4 rings (SSSR count). The lowest BCUT2D eigenvalue weighted by molar-refractivity contribution is -0.121. The second-order valence-electron chi connectivity index (χ2n) is 7.91. The largest absolute Gasteiger partial charge is 0.387 e. The molecular formula is C22H26N2O4S. The minimum absolute atomic E-state index is 0.107. The van der Waals surface area contributed by atoms with Gasteiger partial charge in [-0.25, -0.2) is 8.42 Å². The summed E-state index contributed by atoms with van der Waals surface area (Å²) in [5.41, 5.74) is 1.95. The highest BCUT2D eigenvalue weighted by molar-refractivity contribution is 7.91. The molecule has 1 spiro atoms. The molecule has 2 aliphatic rings. The number of carbonyl (C=O) groups excluding carboxylic acids is 1. The van der Waals surface area contributed by atoms with Crippen molar-refractivity contribution in [3.63, 3.8) is 0 Å². The topological polar surface area (TPSA) is 77.9 Å². The van der Waals surface area contributed by atoms with Crippen molar-refractivity contribution in [1.82, 2.24) is 4.90 Å². The van der Waals surface area contributed by atoms with Crippen LogP contribution >= 0.6 is 0 Å². The lowest BCUT2D eigenvalue weighted by Gasteiger charge is -2.39. The van der Waals surface area contributed by atoms with E-state index < -0.39 is 16.4 Å². The average molecular weight is 415 g/mol. The molecule has 0 atom stereocenters. The molecule has 1 fully saturated rings. The molecule has 0 bridgehead atoms. The predicted molar refractivity (Wildman–Crippen MR) is 112 cm³/mol. The third-order valence-corrected chi connectivity index (χ3v) is 7.97. The first-order chi connectivity index (χ1) is 14.0. The number of aliphatic hydroxyl groups excluding tert-OH is 1. The first-order valence-electron chi connectivity index (χ1n) is 9.96. The van der Waals surface area contributed by atoms with E-state index in [1.165, 1.54) is 5.56 Å². The van der Waals surface area contributed by atoms with Gasteiger partial charge in [0.1, 0.15) is 6.61 Å².